The lowest BCUT2D eigenvalue weighted by atomic mass is 10.1. The van der Waals surface area contributed by atoms with Crippen LogP contribution < -0.4 is 10.9 Å². The Bertz CT molecular complexity index is 443. The van der Waals surface area contributed by atoms with Crippen LogP contribution in [0.15, 0.2) is 29.8 Å². The summed E-state index contributed by atoms with van der Waals surface area (Å²) in [6.07, 6.45) is 5.98. The van der Waals surface area contributed by atoms with E-state index in [1.807, 2.05) is 33.8 Å². The number of hydrogen-bond donors (Lipinski definition) is 1. The lowest BCUT2D eigenvalue weighted by molar-refractivity contribution is 0.383. The summed E-state index contributed by atoms with van der Waals surface area (Å²) in [6, 6.07) is 0.156. The SMILES string of the molecule is C=CCC(C)Nc1nccn(C(C)(C)C)c1=O. The first kappa shape index (κ1) is 13.5. The molecule has 0 saturated carbocycles. The molecule has 4 heteroatoms. The Morgan fingerprint density at radius 2 is 2.24 bits per heavy atom. The highest BCUT2D eigenvalue weighted by atomic mass is 16.1. The zero-order valence-corrected chi connectivity index (χ0v) is 11.0. The number of aromatic nitrogens is 2. The summed E-state index contributed by atoms with van der Waals surface area (Å²) in [4.78, 5) is 16.3. The molecule has 1 aromatic heterocycles. The molecule has 0 amide bonds. The second kappa shape index (κ2) is 5.17. The highest BCUT2D eigenvalue weighted by Crippen LogP contribution is 2.11. The molecule has 1 heterocycles. The number of rotatable bonds is 4. The third-order valence-electron chi connectivity index (χ3n) is 2.47. The van der Waals surface area contributed by atoms with Crippen LogP contribution in [0, 0.1) is 0 Å². The van der Waals surface area contributed by atoms with E-state index in [0.717, 1.165) is 6.42 Å². The number of hydrogen-bond acceptors (Lipinski definition) is 3. The molecular weight excluding hydrogens is 214 g/mol. The molecule has 1 atom stereocenters. The molecule has 1 aromatic rings. The smallest absolute Gasteiger partial charge is 0.293 e. The topological polar surface area (TPSA) is 46.9 Å². The molecule has 0 spiro atoms. The second-order valence-corrected chi connectivity index (χ2v) is 5.19. The molecule has 0 fully saturated rings. The van der Waals surface area contributed by atoms with E-state index in [-0.39, 0.29) is 17.1 Å². The van der Waals surface area contributed by atoms with Crippen molar-refractivity contribution in [2.45, 2.75) is 45.7 Å². The molecule has 1 N–H and O–H groups in total. The molecule has 4 nitrogen and oxygen atoms in total. The van der Waals surface area contributed by atoms with E-state index in [2.05, 4.69) is 16.9 Å². The molecule has 1 unspecified atom stereocenters. The average molecular weight is 235 g/mol. The lowest BCUT2D eigenvalue weighted by Crippen LogP contribution is -2.36. The van der Waals surface area contributed by atoms with Gasteiger partial charge in [0.25, 0.3) is 5.56 Å². The van der Waals surface area contributed by atoms with Gasteiger partial charge in [-0.25, -0.2) is 4.98 Å². The van der Waals surface area contributed by atoms with Crippen molar-refractivity contribution in [3.63, 3.8) is 0 Å². The quantitative estimate of drug-likeness (QED) is 0.815. The van der Waals surface area contributed by atoms with Gasteiger partial charge in [-0.15, -0.1) is 6.58 Å². The monoisotopic (exact) mass is 235 g/mol. The minimum atomic E-state index is -0.238. The maximum atomic E-state index is 12.2. The molecule has 0 aromatic carbocycles. The van der Waals surface area contributed by atoms with Crippen LogP contribution in [-0.2, 0) is 5.54 Å². The molecule has 0 aliphatic carbocycles. The third-order valence-corrected chi connectivity index (χ3v) is 2.47. The highest BCUT2D eigenvalue weighted by Gasteiger charge is 2.17. The Hall–Kier alpha value is -1.58. The summed E-state index contributed by atoms with van der Waals surface area (Å²) < 4.78 is 1.68. The van der Waals surface area contributed by atoms with Crippen molar-refractivity contribution in [1.29, 1.82) is 0 Å². The Morgan fingerprint density at radius 3 is 2.76 bits per heavy atom. The number of anilines is 1. The summed E-state index contributed by atoms with van der Waals surface area (Å²) in [5.41, 5.74) is -0.325. The molecule has 0 aliphatic heterocycles. The molecule has 0 aliphatic rings. The van der Waals surface area contributed by atoms with Gasteiger partial charge in [0, 0.05) is 24.0 Å². The van der Waals surface area contributed by atoms with Crippen LogP contribution in [0.5, 0.6) is 0 Å². The van der Waals surface area contributed by atoms with Crippen LogP contribution in [0.1, 0.15) is 34.1 Å². The van der Waals surface area contributed by atoms with E-state index in [4.69, 9.17) is 0 Å². The van der Waals surface area contributed by atoms with E-state index in [1.165, 1.54) is 0 Å². The van der Waals surface area contributed by atoms with Gasteiger partial charge in [0.1, 0.15) is 0 Å². The van der Waals surface area contributed by atoms with Crippen LogP contribution in [0.3, 0.4) is 0 Å². The minimum absolute atomic E-state index is 0.0871. The third kappa shape index (κ3) is 3.44. The summed E-state index contributed by atoms with van der Waals surface area (Å²) in [6.45, 7) is 11.6. The van der Waals surface area contributed by atoms with Crippen LogP contribution in [-0.4, -0.2) is 15.6 Å². The largest absolute Gasteiger partial charge is 0.363 e. The first-order chi connectivity index (χ1) is 7.86. The second-order valence-electron chi connectivity index (χ2n) is 5.19. The van der Waals surface area contributed by atoms with Crippen molar-refractivity contribution >= 4 is 5.82 Å². The minimum Gasteiger partial charge on any atom is -0.363 e. The fourth-order valence-corrected chi connectivity index (χ4v) is 1.58. The summed E-state index contributed by atoms with van der Waals surface area (Å²) in [7, 11) is 0. The van der Waals surface area contributed by atoms with E-state index in [1.54, 1.807) is 17.0 Å². The van der Waals surface area contributed by atoms with Crippen molar-refractivity contribution in [3.05, 3.63) is 35.4 Å². The van der Waals surface area contributed by atoms with Gasteiger partial charge in [0.05, 0.1) is 0 Å². The molecule has 0 saturated heterocycles. The van der Waals surface area contributed by atoms with E-state index in [9.17, 15) is 4.79 Å². The molecule has 1 rings (SSSR count). The Labute approximate surface area is 102 Å². The molecule has 94 valence electrons. The van der Waals surface area contributed by atoms with Crippen molar-refractivity contribution < 1.29 is 0 Å². The van der Waals surface area contributed by atoms with Crippen LogP contribution in [0.25, 0.3) is 0 Å². The first-order valence-electron chi connectivity index (χ1n) is 5.82. The van der Waals surface area contributed by atoms with Gasteiger partial charge in [-0.05, 0) is 34.1 Å². The summed E-state index contributed by atoms with van der Waals surface area (Å²) in [5.74, 6) is 0.400. The van der Waals surface area contributed by atoms with E-state index >= 15 is 0 Å². The Kier molecular flexibility index (Phi) is 4.10. The van der Waals surface area contributed by atoms with Gasteiger partial charge in [-0.2, -0.15) is 0 Å². The number of nitrogens with one attached hydrogen (secondary N) is 1. The van der Waals surface area contributed by atoms with Crippen LogP contribution in [0.2, 0.25) is 0 Å². The van der Waals surface area contributed by atoms with Gasteiger partial charge in [0.2, 0.25) is 0 Å². The standard InChI is InChI=1S/C13H21N3O/c1-6-7-10(2)15-11-12(17)16(9-8-14-11)13(3,4)5/h6,8-10H,1,7H2,2-5H3,(H,14,15). The zero-order valence-electron chi connectivity index (χ0n) is 11.0. The van der Waals surface area contributed by atoms with Crippen LogP contribution in [0.4, 0.5) is 5.82 Å². The van der Waals surface area contributed by atoms with Crippen molar-refractivity contribution in [2.75, 3.05) is 5.32 Å². The van der Waals surface area contributed by atoms with Crippen molar-refractivity contribution in [2.24, 2.45) is 0 Å². The maximum absolute atomic E-state index is 12.2. The van der Waals surface area contributed by atoms with Crippen molar-refractivity contribution in [3.8, 4) is 0 Å². The lowest BCUT2D eigenvalue weighted by Gasteiger charge is -2.23. The zero-order chi connectivity index (χ0) is 13.1. The summed E-state index contributed by atoms with van der Waals surface area (Å²) >= 11 is 0. The predicted octanol–water partition coefficient (Wildman–Crippen LogP) is 2.37. The van der Waals surface area contributed by atoms with Gasteiger partial charge < -0.3 is 9.88 Å². The van der Waals surface area contributed by atoms with E-state index < -0.39 is 0 Å². The van der Waals surface area contributed by atoms with Gasteiger partial charge in [-0.3, -0.25) is 4.79 Å². The predicted molar refractivity (Wildman–Crippen MR) is 71.4 cm³/mol. The van der Waals surface area contributed by atoms with Gasteiger partial charge in [-0.1, -0.05) is 6.08 Å². The first-order valence-corrected chi connectivity index (χ1v) is 5.82. The Balaban J connectivity index is 3.03. The normalized spacial score (nSPS) is 13.2. The van der Waals surface area contributed by atoms with Crippen molar-refractivity contribution in [1.82, 2.24) is 9.55 Å². The number of nitrogens with zero attached hydrogens (tertiary/aromatic N) is 2. The van der Waals surface area contributed by atoms with E-state index in [0.29, 0.717) is 5.82 Å². The molecular formula is C13H21N3O. The maximum Gasteiger partial charge on any atom is 0.293 e. The summed E-state index contributed by atoms with van der Waals surface area (Å²) in [5, 5.41) is 3.11. The fraction of sp³-hybridized carbons (Fsp3) is 0.538. The highest BCUT2D eigenvalue weighted by molar-refractivity contribution is 5.32. The van der Waals surface area contributed by atoms with Gasteiger partial charge in [0.15, 0.2) is 5.82 Å². The Morgan fingerprint density at radius 1 is 1.59 bits per heavy atom. The fourth-order valence-electron chi connectivity index (χ4n) is 1.58. The molecule has 0 radical (unpaired) electrons. The average Bonchev–Trinajstić information content (AvgIpc) is 2.19. The van der Waals surface area contributed by atoms with Gasteiger partial charge >= 0.3 is 0 Å². The molecule has 0 bridgehead atoms. The van der Waals surface area contributed by atoms with Crippen LogP contribution >= 0.6 is 0 Å². The molecule has 17 heavy (non-hydrogen) atoms.